The summed E-state index contributed by atoms with van der Waals surface area (Å²) in [5.41, 5.74) is 2.79. The number of hydrogen-bond donors (Lipinski definition) is 2. The number of hydrogen-bond acceptors (Lipinski definition) is 3. The van der Waals surface area contributed by atoms with E-state index >= 15 is 0 Å². The van der Waals surface area contributed by atoms with Gasteiger partial charge in [0.05, 0.1) is 19.8 Å². The fourth-order valence-electron chi connectivity index (χ4n) is 2.58. The fourth-order valence-corrected chi connectivity index (χ4v) is 2.58. The van der Waals surface area contributed by atoms with Crippen molar-refractivity contribution in [2.45, 2.75) is 20.4 Å². The number of amides is 1. The molecule has 0 atom stereocenters. The van der Waals surface area contributed by atoms with Crippen LogP contribution in [-0.2, 0) is 11.3 Å². The van der Waals surface area contributed by atoms with Crippen LogP contribution < -0.4 is 5.32 Å². The molecule has 1 amide bonds. The third-order valence-electron chi connectivity index (χ3n) is 3.52. The first-order valence-electron chi connectivity index (χ1n) is 7.25. The third-order valence-corrected chi connectivity index (χ3v) is 3.52. The number of ether oxygens (including phenoxy) is 1. The molecule has 2 rings (SSSR count). The molecule has 2 N–H and O–H groups in total. The quantitative estimate of drug-likeness (QED) is 0.763. The highest BCUT2D eigenvalue weighted by molar-refractivity contribution is 6.01. The number of fused-ring (bicyclic) bond motifs is 1. The van der Waals surface area contributed by atoms with E-state index < -0.39 is 0 Å². The van der Waals surface area contributed by atoms with E-state index in [1.807, 2.05) is 42.7 Å². The van der Waals surface area contributed by atoms with Crippen molar-refractivity contribution in [3.63, 3.8) is 0 Å². The lowest BCUT2D eigenvalue weighted by Crippen LogP contribution is -2.30. The van der Waals surface area contributed by atoms with Crippen LogP contribution in [0.1, 0.15) is 23.0 Å². The zero-order chi connectivity index (χ0) is 15.2. The summed E-state index contributed by atoms with van der Waals surface area (Å²) in [5.74, 6) is -0.0850. The van der Waals surface area contributed by atoms with E-state index in [-0.39, 0.29) is 12.5 Å². The van der Waals surface area contributed by atoms with Gasteiger partial charge >= 0.3 is 0 Å². The predicted octanol–water partition coefficient (Wildman–Crippen LogP) is 1.71. The van der Waals surface area contributed by atoms with Crippen molar-refractivity contribution in [2.24, 2.45) is 0 Å². The molecule has 1 aromatic heterocycles. The lowest BCUT2D eigenvalue weighted by Gasteiger charge is -2.10. The Morgan fingerprint density at radius 2 is 2.10 bits per heavy atom. The molecule has 0 aliphatic rings. The van der Waals surface area contributed by atoms with Gasteiger partial charge in [0.1, 0.15) is 5.69 Å². The Morgan fingerprint density at radius 1 is 1.33 bits per heavy atom. The zero-order valence-corrected chi connectivity index (χ0v) is 12.6. The summed E-state index contributed by atoms with van der Waals surface area (Å²) in [6.07, 6.45) is 0. The maximum atomic E-state index is 12.4. The van der Waals surface area contributed by atoms with Crippen LogP contribution in [-0.4, -0.2) is 41.9 Å². The summed E-state index contributed by atoms with van der Waals surface area (Å²) in [6, 6.07) is 8.04. The topological polar surface area (TPSA) is 63.5 Å². The molecule has 0 fully saturated rings. The first kappa shape index (κ1) is 15.5. The Labute approximate surface area is 124 Å². The highest BCUT2D eigenvalue weighted by Crippen LogP contribution is 2.25. The van der Waals surface area contributed by atoms with Gasteiger partial charge < -0.3 is 19.7 Å². The second-order valence-electron chi connectivity index (χ2n) is 4.83. The highest BCUT2D eigenvalue weighted by Gasteiger charge is 2.18. The fraction of sp³-hybridized carbons (Fsp3) is 0.438. The molecular formula is C16H22N2O3. The normalized spacial score (nSPS) is 11.0. The molecule has 0 aliphatic carbocycles. The maximum absolute atomic E-state index is 12.4. The highest BCUT2D eigenvalue weighted by atomic mass is 16.5. The van der Waals surface area contributed by atoms with Crippen molar-refractivity contribution < 1.29 is 14.6 Å². The Bertz CT molecular complexity index is 619. The minimum atomic E-state index is -0.0850. The van der Waals surface area contributed by atoms with Gasteiger partial charge in [-0.3, -0.25) is 4.79 Å². The van der Waals surface area contributed by atoms with E-state index in [0.717, 1.165) is 23.0 Å². The molecule has 0 unspecified atom stereocenters. The van der Waals surface area contributed by atoms with Crippen molar-refractivity contribution >= 4 is 16.8 Å². The summed E-state index contributed by atoms with van der Waals surface area (Å²) in [7, 11) is 0. The maximum Gasteiger partial charge on any atom is 0.268 e. The van der Waals surface area contributed by atoms with Crippen LogP contribution in [0.4, 0.5) is 0 Å². The lowest BCUT2D eigenvalue weighted by atomic mass is 10.1. The Balaban J connectivity index is 2.17. The lowest BCUT2D eigenvalue weighted by molar-refractivity contribution is 0.0832. The molecule has 0 saturated carbocycles. The number of aliphatic hydroxyl groups is 1. The van der Waals surface area contributed by atoms with E-state index in [1.54, 1.807) is 0 Å². The average Bonchev–Trinajstić information content (AvgIpc) is 2.80. The van der Waals surface area contributed by atoms with Crippen LogP contribution in [0.2, 0.25) is 0 Å². The number of benzene rings is 1. The summed E-state index contributed by atoms with van der Waals surface area (Å²) in [5, 5.41) is 12.6. The monoisotopic (exact) mass is 290 g/mol. The van der Waals surface area contributed by atoms with Gasteiger partial charge in [-0.05, 0) is 25.5 Å². The molecule has 21 heavy (non-hydrogen) atoms. The molecule has 114 valence electrons. The van der Waals surface area contributed by atoms with Gasteiger partial charge in [-0.15, -0.1) is 0 Å². The Hall–Kier alpha value is -1.85. The largest absolute Gasteiger partial charge is 0.394 e. The molecule has 5 nitrogen and oxygen atoms in total. The molecular weight excluding hydrogens is 268 g/mol. The molecule has 0 aliphatic heterocycles. The standard InChI is InChI=1S/C16H22N2O3/c1-3-18-14-7-5-4-6-13(14)12(2)15(18)16(20)17-8-10-21-11-9-19/h4-7,19H,3,8-11H2,1-2H3,(H,17,20). The minimum absolute atomic E-state index is 0.00285. The van der Waals surface area contributed by atoms with Crippen molar-refractivity contribution in [2.75, 3.05) is 26.4 Å². The molecule has 1 aromatic carbocycles. The summed E-state index contributed by atoms with van der Waals surface area (Å²) in [4.78, 5) is 12.4. The number of nitrogens with one attached hydrogen (secondary N) is 1. The van der Waals surface area contributed by atoms with E-state index in [1.165, 1.54) is 0 Å². The van der Waals surface area contributed by atoms with Gasteiger partial charge in [0.15, 0.2) is 0 Å². The molecule has 1 heterocycles. The number of carbonyl (C=O) groups excluding carboxylic acids is 1. The zero-order valence-electron chi connectivity index (χ0n) is 12.6. The minimum Gasteiger partial charge on any atom is -0.394 e. The van der Waals surface area contributed by atoms with E-state index in [2.05, 4.69) is 5.32 Å². The van der Waals surface area contributed by atoms with Gasteiger partial charge in [-0.2, -0.15) is 0 Å². The van der Waals surface area contributed by atoms with Gasteiger partial charge in [-0.1, -0.05) is 18.2 Å². The first-order chi connectivity index (χ1) is 10.2. The summed E-state index contributed by atoms with van der Waals surface area (Å²) in [6.45, 7) is 5.89. The smallest absolute Gasteiger partial charge is 0.268 e. The van der Waals surface area contributed by atoms with E-state index in [0.29, 0.717) is 25.5 Å². The molecule has 0 spiro atoms. The van der Waals surface area contributed by atoms with E-state index in [9.17, 15) is 4.79 Å². The molecule has 0 radical (unpaired) electrons. The van der Waals surface area contributed by atoms with Crippen molar-refractivity contribution in [1.82, 2.24) is 9.88 Å². The summed E-state index contributed by atoms with van der Waals surface area (Å²) >= 11 is 0. The molecule has 0 bridgehead atoms. The van der Waals surface area contributed by atoms with Crippen molar-refractivity contribution in [1.29, 1.82) is 0 Å². The second kappa shape index (κ2) is 7.24. The van der Waals surface area contributed by atoms with Crippen LogP contribution >= 0.6 is 0 Å². The Kier molecular flexibility index (Phi) is 5.36. The number of carbonyl (C=O) groups is 1. The number of aromatic nitrogens is 1. The number of aryl methyl sites for hydroxylation is 2. The first-order valence-corrected chi connectivity index (χ1v) is 7.25. The molecule has 5 heteroatoms. The third kappa shape index (κ3) is 3.25. The molecule has 0 saturated heterocycles. The number of nitrogens with zero attached hydrogens (tertiary/aromatic N) is 1. The van der Waals surface area contributed by atoms with Gasteiger partial charge in [0.25, 0.3) is 5.91 Å². The van der Waals surface area contributed by atoms with Crippen LogP contribution in [0.15, 0.2) is 24.3 Å². The Morgan fingerprint density at radius 3 is 2.81 bits per heavy atom. The van der Waals surface area contributed by atoms with Crippen molar-refractivity contribution in [3.05, 3.63) is 35.5 Å². The average molecular weight is 290 g/mol. The number of aliphatic hydroxyl groups excluding tert-OH is 1. The van der Waals surface area contributed by atoms with Crippen LogP contribution in [0.5, 0.6) is 0 Å². The summed E-state index contributed by atoms with van der Waals surface area (Å²) < 4.78 is 7.18. The van der Waals surface area contributed by atoms with Crippen LogP contribution in [0.25, 0.3) is 10.9 Å². The number of rotatable bonds is 7. The van der Waals surface area contributed by atoms with E-state index in [4.69, 9.17) is 9.84 Å². The molecule has 2 aromatic rings. The van der Waals surface area contributed by atoms with Crippen LogP contribution in [0, 0.1) is 6.92 Å². The van der Waals surface area contributed by atoms with Crippen LogP contribution in [0.3, 0.4) is 0 Å². The van der Waals surface area contributed by atoms with Gasteiger partial charge in [0.2, 0.25) is 0 Å². The second-order valence-corrected chi connectivity index (χ2v) is 4.83. The van der Waals surface area contributed by atoms with Gasteiger partial charge in [0, 0.05) is 24.0 Å². The van der Waals surface area contributed by atoms with Crippen molar-refractivity contribution in [3.8, 4) is 0 Å². The predicted molar refractivity (Wildman–Crippen MR) is 82.6 cm³/mol. The van der Waals surface area contributed by atoms with Gasteiger partial charge in [-0.25, -0.2) is 0 Å². The number of para-hydroxylation sites is 1. The SMILES string of the molecule is CCn1c(C(=O)NCCOCCO)c(C)c2ccccc21.